The zero-order chi connectivity index (χ0) is 14.8. The Morgan fingerprint density at radius 1 is 1.29 bits per heavy atom. The molecule has 3 rings (SSSR count). The van der Waals surface area contributed by atoms with Crippen molar-refractivity contribution in [2.75, 3.05) is 24.8 Å². The largest absolute Gasteiger partial charge is 0.454 e. The number of ether oxygens (including phenoxy) is 2. The number of hydrogen-bond donors (Lipinski definition) is 1. The lowest BCUT2D eigenvalue weighted by molar-refractivity contribution is 0.174. The van der Waals surface area contributed by atoms with Gasteiger partial charge in [0, 0.05) is 24.2 Å². The second kappa shape index (κ2) is 5.77. The predicted molar refractivity (Wildman–Crippen MR) is 84.0 cm³/mol. The summed E-state index contributed by atoms with van der Waals surface area (Å²) in [7, 11) is 0. The Morgan fingerprint density at radius 3 is 2.76 bits per heavy atom. The molecule has 0 saturated carbocycles. The molecule has 5 heteroatoms. The number of nitrogens with two attached hydrogens (primary N) is 1. The number of fused-ring (bicyclic) bond motifs is 2. The highest BCUT2D eigenvalue weighted by Gasteiger charge is 2.19. The molecule has 0 unspecified atom stereocenters. The maximum atomic E-state index is 5.66. The Balaban J connectivity index is 2.08. The van der Waals surface area contributed by atoms with Crippen molar-refractivity contribution >= 4 is 16.6 Å². The summed E-state index contributed by atoms with van der Waals surface area (Å²) in [5, 5.41) is 2.20. The summed E-state index contributed by atoms with van der Waals surface area (Å²) in [5.74, 6) is 2.58. The topological polar surface area (TPSA) is 60.6 Å². The highest BCUT2D eigenvalue weighted by Crippen LogP contribution is 2.38. The van der Waals surface area contributed by atoms with Gasteiger partial charge in [0.15, 0.2) is 11.5 Å². The van der Waals surface area contributed by atoms with Crippen molar-refractivity contribution in [1.82, 2.24) is 4.98 Å². The summed E-state index contributed by atoms with van der Waals surface area (Å²) in [6.07, 6.45) is 2.79. The molecule has 0 atom stereocenters. The van der Waals surface area contributed by atoms with E-state index in [1.807, 2.05) is 24.4 Å². The van der Waals surface area contributed by atoms with E-state index >= 15 is 0 Å². The molecule has 0 aliphatic carbocycles. The molecule has 0 fully saturated rings. The standard InChI is InChI=1S/C16H21N3O2/c1-11(2)19(7-3-5-17)16-13-9-15-14(20-10-21-15)8-12(13)4-6-18-16/h4,6,8-9,11H,3,5,7,10,17H2,1-2H3. The van der Waals surface area contributed by atoms with Gasteiger partial charge >= 0.3 is 0 Å². The van der Waals surface area contributed by atoms with Gasteiger partial charge in [0.05, 0.1) is 0 Å². The van der Waals surface area contributed by atoms with E-state index in [1.54, 1.807) is 0 Å². The molecule has 5 nitrogen and oxygen atoms in total. The fourth-order valence-electron chi connectivity index (χ4n) is 2.65. The van der Waals surface area contributed by atoms with E-state index in [9.17, 15) is 0 Å². The van der Waals surface area contributed by atoms with Gasteiger partial charge in [-0.1, -0.05) is 0 Å². The first-order valence-electron chi connectivity index (χ1n) is 7.36. The third-order valence-electron chi connectivity index (χ3n) is 3.74. The van der Waals surface area contributed by atoms with E-state index in [-0.39, 0.29) is 6.79 Å². The monoisotopic (exact) mass is 287 g/mol. The summed E-state index contributed by atoms with van der Waals surface area (Å²) in [6, 6.07) is 6.41. The maximum absolute atomic E-state index is 5.66. The molecular formula is C16H21N3O2. The van der Waals surface area contributed by atoms with Crippen LogP contribution in [0.3, 0.4) is 0 Å². The van der Waals surface area contributed by atoms with Crippen LogP contribution >= 0.6 is 0 Å². The van der Waals surface area contributed by atoms with Crippen LogP contribution in [0.2, 0.25) is 0 Å². The molecule has 21 heavy (non-hydrogen) atoms. The molecule has 0 spiro atoms. The summed E-state index contributed by atoms with van der Waals surface area (Å²) < 4.78 is 10.9. The van der Waals surface area contributed by atoms with Gasteiger partial charge in [0.1, 0.15) is 5.82 Å². The Kier molecular flexibility index (Phi) is 3.84. The molecule has 0 radical (unpaired) electrons. The van der Waals surface area contributed by atoms with E-state index in [4.69, 9.17) is 15.2 Å². The first-order valence-corrected chi connectivity index (χ1v) is 7.36. The number of nitrogens with zero attached hydrogens (tertiary/aromatic N) is 2. The van der Waals surface area contributed by atoms with Gasteiger partial charge in [-0.2, -0.15) is 0 Å². The van der Waals surface area contributed by atoms with Gasteiger partial charge in [0.2, 0.25) is 6.79 Å². The van der Waals surface area contributed by atoms with E-state index in [1.165, 1.54) is 0 Å². The Morgan fingerprint density at radius 2 is 2.05 bits per heavy atom. The summed E-state index contributed by atoms with van der Waals surface area (Å²) in [5.41, 5.74) is 5.66. The van der Waals surface area contributed by atoms with Crippen molar-refractivity contribution in [3.63, 3.8) is 0 Å². The zero-order valence-electron chi connectivity index (χ0n) is 12.5. The molecule has 0 amide bonds. The molecule has 0 bridgehead atoms. The van der Waals surface area contributed by atoms with Gasteiger partial charge < -0.3 is 20.1 Å². The average molecular weight is 287 g/mol. The number of hydrogen-bond acceptors (Lipinski definition) is 5. The Labute approximate surface area is 124 Å². The third-order valence-corrected chi connectivity index (χ3v) is 3.74. The van der Waals surface area contributed by atoms with Crippen LogP contribution in [0, 0.1) is 0 Å². The maximum Gasteiger partial charge on any atom is 0.231 e. The van der Waals surface area contributed by atoms with Gasteiger partial charge in [-0.3, -0.25) is 0 Å². The Hall–Kier alpha value is -2.01. The summed E-state index contributed by atoms with van der Waals surface area (Å²) in [4.78, 5) is 6.88. The molecule has 2 N–H and O–H groups in total. The SMILES string of the molecule is CC(C)N(CCCN)c1nccc2cc3c(cc12)OCO3. The van der Waals surface area contributed by atoms with Gasteiger partial charge in [-0.25, -0.2) is 4.98 Å². The minimum atomic E-state index is 0.287. The number of anilines is 1. The van der Waals surface area contributed by atoms with Gasteiger partial charge in [-0.05, 0) is 50.4 Å². The van der Waals surface area contributed by atoms with Crippen LogP contribution in [-0.2, 0) is 0 Å². The lowest BCUT2D eigenvalue weighted by Crippen LogP contribution is -2.33. The van der Waals surface area contributed by atoms with E-state index in [2.05, 4.69) is 23.7 Å². The van der Waals surface area contributed by atoms with E-state index in [0.717, 1.165) is 41.1 Å². The van der Waals surface area contributed by atoms with E-state index in [0.29, 0.717) is 12.6 Å². The second-order valence-electron chi connectivity index (χ2n) is 5.49. The van der Waals surface area contributed by atoms with Gasteiger partial charge in [0.25, 0.3) is 0 Å². The van der Waals surface area contributed by atoms with Gasteiger partial charge in [-0.15, -0.1) is 0 Å². The van der Waals surface area contributed by atoms with E-state index < -0.39 is 0 Å². The lowest BCUT2D eigenvalue weighted by atomic mass is 10.1. The minimum Gasteiger partial charge on any atom is -0.454 e. The predicted octanol–water partition coefficient (Wildman–Crippen LogP) is 2.53. The van der Waals surface area contributed by atoms with Crippen molar-refractivity contribution in [2.24, 2.45) is 5.73 Å². The first-order chi connectivity index (χ1) is 10.2. The summed E-state index contributed by atoms with van der Waals surface area (Å²) >= 11 is 0. The molecule has 0 saturated heterocycles. The number of aromatic nitrogens is 1. The van der Waals surface area contributed by atoms with Crippen molar-refractivity contribution < 1.29 is 9.47 Å². The zero-order valence-corrected chi connectivity index (χ0v) is 12.5. The normalized spacial score (nSPS) is 13.1. The number of pyridine rings is 1. The lowest BCUT2D eigenvalue weighted by Gasteiger charge is -2.28. The van der Waals surface area contributed by atoms with Crippen LogP contribution in [0.25, 0.3) is 10.8 Å². The molecule has 1 aliphatic rings. The number of benzene rings is 1. The van der Waals surface area contributed by atoms with Crippen molar-refractivity contribution in [2.45, 2.75) is 26.3 Å². The van der Waals surface area contributed by atoms with Crippen molar-refractivity contribution in [3.8, 4) is 11.5 Å². The van der Waals surface area contributed by atoms with Crippen LogP contribution in [0.5, 0.6) is 11.5 Å². The molecule has 2 aromatic rings. The number of rotatable bonds is 5. The quantitative estimate of drug-likeness (QED) is 0.915. The van der Waals surface area contributed by atoms with Crippen LogP contribution < -0.4 is 20.1 Å². The second-order valence-corrected chi connectivity index (χ2v) is 5.49. The van der Waals surface area contributed by atoms with Crippen LogP contribution in [-0.4, -0.2) is 30.9 Å². The molecule has 112 valence electrons. The van der Waals surface area contributed by atoms with Crippen molar-refractivity contribution in [1.29, 1.82) is 0 Å². The highest BCUT2D eigenvalue weighted by atomic mass is 16.7. The Bertz CT molecular complexity index is 643. The average Bonchev–Trinajstić information content (AvgIpc) is 2.92. The molecule has 1 aromatic carbocycles. The van der Waals surface area contributed by atoms with Crippen LogP contribution in [0.15, 0.2) is 24.4 Å². The van der Waals surface area contributed by atoms with Crippen molar-refractivity contribution in [3.05, 3.63) is 24.4 Å². The summed E-state index contributed by atoms with van der Waals surface area (Å²) in [6.45, 7) is 6.21. The first kappa shape index (κ1) is 13.9. The fraction of sp³-hybridized carbons (Fsp3) is 0.438. The molecule has 2 heterocycles. The highest BCUT2D eigenvalue weighted by molar-refractivity contribution is 5.94. The molecule has 1 aromatic heterocycles. The van der Waals surface area contributed by atoms with Crippen LogP contribution in [0.1, 0.15) is 20.3 Å². The minimum absolute atomic E-state index is 0.287. The fourth-order valence-corrected chi connectivity index (χ4v) is 2.65. The molecule has 1 aliphatic heterocycles. The molecular weight excluding hydrogens is 266 g/mol. The van der Waals surface area contributed by atoms with Crippen LogP contribution in [0.4, 0.5) is 5.82 Å². The smallest absolute Gasteiger partial charge is 0.231 e. The third kappa shape index (κ3) is 2.61.